The number of carbonyl (C=O) groups is 2. The van der Waals surface area contributed by atoms with Crippen molar-refractivity contribution in [3.63, 3.8) is 0 Å². The molecule has 0 radical (unpaired) electrons. The topological polar surface area (TPSA) is 90.8 Å². The van der Waals surface area contributed by atoms with E-state index < -0.39 is 0 Å². The zero-order chi connectivity index (χ0) is 23.1. The minimum Gasteiger partial charge on any atom is -0.300 e. The first-order chi connectivity index (χ1) is 15.9. The van der Waals surface area contributed by atoms with Gasteiger partial charge in [0, 0.05) is 29.6 Å². The highest BCUT2D eigenvalue weighted by atomic mass is 16.2. The number of aliphatic imine (C=N–C) groups is 1. The summed E-state index contributed by atoms with van der Waals surface area (Å²) in [5, 5.41) is 2.74. The Bertz CT molecular complexity index is 1050. The molecule has 0 bridgehead atoms. The van der Waals surface area contributed by atoms with Crippen molar-refractivity contribution in [2.75, 3.05) is 30.9 Å². The Balaban J connectivity index is 1.31. The number of nitrogens with one attached hydrogen (secondary N) is 1. The molecule has 3 aliphatic rings. The highest BCUT2D eigenvalue weighted by molar-refractivity contribution is 6.00. The molecule has 8 nitrogen and oxygen atoms in total. The third kappa shape index (κ3) is 4.15. The molecule has 172 valence electrons. The Morgan fingerprint density at radius 3 is 2.33 bits per heavy atom. The molecule has 0 atom stereocenters. The summed E-state index contributed by atoms with van der Waals surface area (Å²) in [7, 11) is 4.30. The third-order valence-electron chi connectivity index (χ3n) is 7.53. The van der Waals surface area contributed by atoms with Gasteiger partial charge in [-0.2, -0.15) is 0 Å². The highest BCUT2D eigenvalue weighted by Crippen LogP contribution is 2.48. The van der Waals surface area contributed by atoms with Crippen molar-refractivity contribution in [3.8, 4) is 0 Å². The van der Waals surface area contributed by atoms with Crippen LogP contribution in [0.15, 0.2) is 47.7 Å². The standard InChI is InChI=1S/C25H30N6O2/c1-30(2)25(19-6-4-3-5-7-19)12-10-24(11-13-25)16-28-23(33)31(17-24)20-14-26-22(27-15-20)29-21(32)18-8-9-18/h3-7,14-16,18H,8-13,17H2,1-2H3,(H,26,27,29,32). The van der Waals surface area contributed by atoms with Crippen LogP contribution >= 0.6 is 0 Å². The second kappa shape index (κ2) is 8.33. The van der Waals surface area contributed by atoms with Gasteiger partial charge in [-0.05, 0) is 58.2 Å². The van der Waals surface area contributed by atoms with Crippen LogP contribution in [0.2, 0.25) is 0 Å². The number of benzene rings is 1. The SMILES string of the molecule is CN(C)C1(c2ccccc2)CCC2(C=NC(=O)N(c3cnc(NC(=O)C4CC4)nc3)C2)CC1. The largest absolute Gasteiger partial charge is 0.347 e. The Hall–Kier alpha value is -3.13. The van der Waals surface area contributed by atoms with Gasteiger partial charge in [0.15, 0.2) is 0 Å². The molecule has 33 heavy (non-hydrogen) atoms. The lowest BCUT2D eigenvalue weighted by molar-refractivity contribution is -0.117. The lowest BCUT2D eigenvalue weighted by Gasteiger charge is -2.50. The second-order valence-electron chi connectivity index (χ2n) is 9.81. The van der Waals surface area contributed by atoms with Crippen LogP contribution in [0.1, 0.15) is 44.1 Å². The zero-order valence-electron chi connectivity index (χ0n) is 19.2. The van der Waals surface area contributed by atoms with Gasteiger partial charge in [-0.3, -0.25) is 19.9 Å². The van der Waals surface area contributed by atoms with Gasteiger partial charge in [-0.15, -0.1) is 0 Å². The summed E-state index contributed by atoms with van der Waals surface area (Å²) in [6.45, 7) is 0.560. The van der Waals surface area contributed by atoms with Crippen LogP contribution in [0.4, 0.5) is 16.4 Å². The van der Waals surface area contributed by atoms with E-state index in [1.54, 1.807) is 17.3 Å². The van der Waals surface area contributed by atoms with E-state index in [1.807, 2.05) is 6.21 Å². The van der Waals surface area contributed by atoms with Crippen molar-refractivity contribution in [3.05, 3.63) is 48.3 Å². The van der Waals surface area contributed by atoms with Crippen molar-refractivity contribution in [1.29, 1.82) is 0 Å². The average Bonchev–Trinajstić information content (AvgIpc) is 3.68. The third-order valence-corrected chi connectivity index (χ3v) is 7.53. The van der Waals surface area contributed by atoms with E-state index in [-0.39, 0.29) is 34.8 Å². The van der Waals surface area contributed by atoms with Crippen LogP contribution < -0.4 is 10.2 Å². The van der Waals surface area contributed by atoms with E-state index in [0.717, 1.165) is 38.5 Å². The van der Waals surface area contributed by atoms with Crippen LogP contribution in [0, 0.1) is 11.3 Å². The number of carbonyl (C=O) groups excluding carboxylic acids is 2. The monoisotopic (exact) mass is 446 g/mol. The fourth-order valence-electron chi connectivity index (χ4n) is 5.16. The summed E-state index contributed by atoms with van der Waals surface area (Å²) in [6.07, 6.45) is 10.8. The number of nitrogens with zero attached hydrogens (tertiary/aromatic N) is 5. The minimum atomic E-state index is -0.300. The minimum absolute atomic E-state index is 0.0167. The molecule has 2 aromatic rings. The first-order valence-corrected chi connectivity index (χ1v) is 11.6. The number of urea groups is 1. The summed E-state index contributed by atoms with van der Waals surface area (Å²) in [4.78, 5) is 41.4. The average molecular weight is 447 g/mol. The maximum Gasteiger partial charge on any atom is 0.347 e. The molecule has 2 aliphatic carbocycles. The second-order valence-corrected chi connectivity index (χ2v) is 9.81. The van der Waals surface area contributed by atoms with E-state index in [2.05, 4.69) is 69.6 Å². The summed E-state index contributed by atoms with van der Waals surface area (Å²) >= 11 is 0. The molecule has 0 saturated heterocycles. The first-order valence-electron chi connectivity index (χ1n) is 11.6. The predicted molar refractivity (Wildman–Crippen MR) is 127 cm³/mol. The summed E-state index contributed by atoms with van der Waals surface area (Å²) in [5.41, 5.74) is 1.76. The maximum atomic E-state index is 12.6. The van der Waals surface area contributed by atoms with E-state index in [0.29, 0.717) is 12.2 Å². The van der Waals surface area contributed by atoms with Crippen LogP contribution in [-0.4, -0.2) is 53.7 Å². The van der Waals surface area contributed by atoms with Gasteiger partial charge >= 0.3 is 6.03 Å². The van der Waals surface area contributed by atoms with Crippen molar-refractivity contribution in [2.24, 2.45) is 16.3 Å². The zero-order valence-corrected chi connectivity index (χ0v) is 19.2. The fourth-order valence-corrected chi connectivity index (χ4v) is 5.16. The van der Waals surface area contributed by atoms with E-state index in [1.165, 1.54) is 5.56 Å². The Morgan fingerprint density at radius 2 is 1.73 bits per heavy atom. The molecule has 1 aromatic heterocycles. The van der Waals surface area contributed by atoms with Crippen LogP contribution in [0.5, 0.6) is 0 Å². The molecule has 5 rings (SSSR count). The Morgan fingerprint density at radius 1 is 1.06 bits per heavy atom. The number of rotatable bonds is 5. The molecular formula is C25H30N6O2. The molecule has 1 aliphatic heterocycles. The number of amides is 3. The number of hydrogen-bond donors (Lipinski definition) is 1. The molecular weight excluding hydrogens is 416 g/mol. The number of hydrogen-bond acceptors (Lipinski definition) is 5. The normalized spacial score (nSPS) is 27.2. The molecule has 2 fully saturated rings. The van der Waals surface area contributed by atoms with Crippen LogP contribution in [-0.2, 0) is 10.3 Å². The molecule has 1 aromatic carbocycles. The van der Waals surface area contributed by atoms with Gasteiger partial charge in [-0.1, -0.05) is 30.3 Å². The molecule has 2 saturated carbocycles. The Kier molecular flexibility index (Phi) is 5.48. The van der Waals surface area contributed by atoms with Gasteiger partial charge in [-0.25, -0.2) is 19.8 Å². The number of anilines is 2. The van der Waals surface area contributed by atoms with Gasteiger partial charge in [0.2, 0.25) is 11.9 Å². The molecule has 1 spiro atoms. The molecule has 3 amide bonds. The van der Waals surface area contributed by atoms with E-state index in [4.69, 9.17) is 0 Å². The van der Waals surface area contributed by atoms with Crippen molar-refractivity contribution in [2.45, 2.75) is 44.1 Å². The fraction of sp³-hybridized carbons (Fsp3) is 0.480. The van der Waals surface area contributed by atoms with Crippen molar-refractivity contribution < 1.29 is 9.59 Å². The quantitative estimate of drug-likeness (QED) is 0.753. The van der Waals surface area contributed by atoms with Gasteiger partial charge in [0.25, 0.3) is 0 Å². The van der Waals surface area contributed by atoms with Gasteiger partial charge in [0.05, 0.1) is 18.1 Å². The summed E-state index contributed by atoms with van der Waals surface area (Å²) in [5.74, 6) is 0.322. The maximum absolute atomic E-state index is 12.6. The van der Waals surface area contributed by atoms with Crippen LogP contribution in [0.3, 0.4) is 0 Å². The van der Waals surface area contributed by atoms with Gasteiger partial charge < -0.3 is 0 Å². The lowest BCUT2D eigenvalue weighted by Crippen LogP contribution is -2.52. The first kappa shape index (κ1) is 21.7. The van der Waals surface area contributed by atoms with Crippen LogP contribution in [0.25, 0.3) is 0 Å². The van der Waals surface area contributed by atoms with Crippen molar-refractivity contribution >= 4 is 29.8 Å². The summed E-state index contributed by atoms with van der Waals surface area (Å²) in [6, 6.07) is 10.4. The lowest BCUT2D eigenvalue weighted by atomic mass is 9.64. The predicted octanol–water partition coefficient (Wildman–Crippen LogP) is 3.85. The van der Waals surface area contributed by atoms with E-state index in [9.17, 15) is 9.59 Å². The summed E-state index contributed by atoms with van der Waals surface area (Å²) < 4.78 is 0. The smallest absolute Gasteiger partial charge is 0.300 e. The molecule has 1 N–H and O–H groups in total. The number of aromatic nitrogens is 2. The molecule has 2 heterocycles. The molecule has 8 heteroatoms. The highest BCUT2D eigenvalue weighted by Gasteiger charge is 2.47. The van der Waals surface area contributed by atoms with Crippen molar-refractivity contribution in [1.82, 2.24) is 14.9 Å². The van der Waals surface area contributed by atoms with E-state index >= 15 is 0 Å². The Labute approximate surface area is 194 Å². The van der Waals surface area contributed by atoms with Gasteiger partial charge in [0.1, 0.15) is 0 Å². The molecule has 0 unspecified atom stereocenters.